The molecule has 3 saturated carbocycles. The Morgan fingerprint density at radius 1 is 0.509 bits per heavy atom. The van der Waals surface area contributed by atoms with Gasteiger partial charge in [0.1, 0.15) is 0 Å². The number of nitrogens with zero attached hydrogens (tertiary/aromatic N) is 1. The van der Waals surface area contributed by atoms with Gasteiger partial charge < -0.3 is 4.90 Å². The minimum atomic E-state index is -0.176. The summed E-state index contributed by atoms with van der Waals surface area (Å²) in [6, 6.07) is 58.3. The van der Waals surface area contributed by atoms with Crippen molar-refractivity contribution in [3.63, 3.8) is 0 Å². The molecule has 3 fully saturated rings. The Morgan fingerprint density at radius 2 is 1.23 bits per heavy atom. The Kier molecular flexibility index (Phi) is 8.50. The van der Waals surface area contributed by atoms with E-state index in [1.807, 2.05) is 0 Å². The van der Waals surface area contributed by atoms with E-state index < -0.39 is 0 Å². The van der Waals surface area contributed by atoms with Crippen LogP contribution in [0.2, 0.25) is 0 Å². The number of anilines is 3. The number of hydrogen-bond donors (Lipinski definition) is 0. The van der Waals surface area contributed by atoms with Crippen LogP contribution in [0.25, 0.3) is 44.2 Å². The van der Waals surface area contributed by atoms with Crippen molar-refractivity contribution in [2.45, 2.75) is 88.9 Å². The first-order chi connectivity index (χ1) is 28.0. The number of benzene rings is 7. The van der Waals surface area contributed by atoms with Gasteiger partial charge in [0, 0.05) is 22.1 Å². The van der Waals surface area contributed by atoms with Gasteiger partial charge in [0.15, 0.2) is 0 Å². The largest absolute Gasteiger partial charge is 0.309 e. The zero-order valence-electron chi connectivity index (χ0n) is 33.6. The number of fused-ring (bicyclic) bond motifs is 6. The molecule has 0 aromatic heterocycles. The third-order valence-electron chi connectivity index (χ3n) is 14.7. The van der Waals surface area contributed by atoms with E-state index in [-0.39, 0.29) is 5.41 Å². The van der Waals surface area contributed by atoms with Crippen LogP contribution in [0.15, 0.2) is 152 Å². The monoisotopic (exact) mass is 739 g/mol. The Balaban J connectivity index is 1.14. The van der Waals surface area contributed by atoms with Crippen LogP contribution < -0.4 is 4.90 Å². The fraction of sp³-hybridized carbons (Fsp3) is 0.286. The highest BCUT2D eigenvalue weighted by Crippen LogP contribution is 2.57. The van der Waals surface area contributed by atoms with Gasteiger partial charge in [-0.3, -0.25) is 0 Å². The van der Waals surface area contributed by atoms with Crippen LogP contribution in [0.1, 0.15) is 106 Å². The quantitative estimate of drug-likeness (QED) is 0.157. The normalized spacial score (nSPS) is 20.8. The van der Waals surface area contributed by atoms with Crippen LogP contribution in [0.4, 0.5) is 17.1 Å². The Bertz CT molecular complexity index is 2590. The predicted molar refractivity (Wildman–Crippen MR) is 241 cm³/mol. The van der Waals surface area contributed by atoms with Gasteiger partial charge in [-0.15, -0.1) is 0 Å². The zero-order chi connectivity index (χ0) is 38.1. The lowest BCUT2D eigenvalue weighted by atomic mass is 9.81. The van der Waals surface area contributed by atoms with Crippen LogP contribution in [0, 0.1) is 11.8 Å². The first-order valence-corrected chi connectivity index (χ1v) is 21.9. The Hall–Kier alpha value is -5.40. The van der Waals surface area contributed by atoms with E-state index in [4.69, 9.17) is 0 Å². The highest BCUT2D eigenvalue weighted by Gasteiger charge is 2.41. The third kappa shape index (κ3) is 5.88. The SMILES string of the molecule is CC1(C)c2cc(N(c3ccc(C4CC5CCC4C5)cc3)c3cccc4cc(C5CCCCC5)ccc34)c(-c3ccccc3)cc2-c2c(-c3ccccc3)cccc21. The van der Waals surface area contributed by atoms with Crippen LogP contribution >= 0.6 is 0 Å². The topological polar surface area (TPSA) is 3.24 Å². The average molecular weight is 740 g/mol. The summed E-state index contributed by atoms with van der Waals surface area (Å²) in [5.41, 5.74) is 17.1. The van der Waals surface area contributed by atoms with E-state index in [1.165, 1.54) is 141 Å². The highest BCUT2D eigenvalue weighted by molar-refractivity contribution is 6.03. The van der Waals surface area contributed by atoms with Crippen molar-refractivity contribution in [2.75, 3.05) is 4.90 Å². The molecule has 0 amide bonds. The van der Waals surface area contributed by atoms with Crippen molar-refractivity contribution in [1.82, 2.24) is 0 Å². The van der Waals surface area contributed by atoms with Crippen LogP contribution in [-0.2, 0) is 5.41 Å². The number of hydrogen-bond acceptors (Lipinski definition) is 1. The molecule has 7 aromatic rings. The van der Waals surface area contributed by atoms with E-state index in [0.29, 0.717) is 11.8 Å². The Morgan fingerprint density at radius 3 is 1.95 bits per heavy atom. The molecular formula is C56H53N. The minimum Gasteiger partial charge on any atom is -0.309 e. The summed E-state index contributed by atoms with van der Waals surface area (Å²) in [5.74, 6) is 3.17. The van der Waals surface area contributed by atoms with Gasteiger partial charge in [-0.25, -0.2) is 0 Å². The van der Waals surface area contributed by atoms with Crippen LogP contribution in [0.5, 0.6) is 0 Å². The minimum absolute atomic E-state index is 0.176. The lowest BCUT2D eigenvalue weighted by molar-refractivity contribution is 0.420. The van der Waals surface area contributed by atoms with E-state index in [1.54, 1.807) is 0 Å². The lowest BCUT2D eigenvalue weighted by Crippen LogP contribution is -2.17. The number of rotatable bonds is 7. The molecule has 0 N–H and O–H groups in total. The van der Waals surface area contributed by atoms with Gasteiger partial charge >= 0.3 is 0 Å². The Labute approximate surface area is 339 Å². The molecule has 1 heteroatoms. The second-order valence-corrected chi connectivity index (χ2v) is 18.3. The molecule has 4 aliphatic rings. The summed E-state index contributed by atoms with van der Waals surface area (Å²) < 4.78 is 0. The van der Waals surface area contributed by atoms with E-state index >= 15 is 0 Å². The van der Waals surface area contributed by atoms with Crippen molar-refractivity contribution < 1.29 is 0 Å². The highest BCUT2D eigenvalue weighted by atomic mass is 15.1. The summed E-state index contributed by atoms with van der Waals surface area (Å²) in [6.07, 6.45) is 12.3. The van der Waals surface area contributed by atoms with Gasteiger partial charge in [0.25, 0.3) is 0 Å². The molecule has 0 heterocycles. The lowest BCUT2D eigenvalue weighted by Gasteiger charge is -2.32. The smallest absolute Gasteiger partial charge is 0.0543 e. The second-order valence-electron chi connectivity index (χ2n) is 18.3. The summed E-state index contributed by atoms with van der Waals surface area (Å²) in [5, 5.41) is 2.64. The molecule has 57 heavy (non-hydrogen) atoms. The first-order valence-electron chi connectivity index (χ1n) is 21.9. The fourth-order valence-electron chi connectivity index (χ4n) is 11.8. The standard InChI is InChI=1S/C56H53N/c1-56(2)51-22-13-21-47(39-16-8-4-9-17-39)55(51)50-35-49(40-18-10-5-11-19-40)54(36-52(50)56)57(45-29-26-41(27-30-45)48-33-37-24-25-44(48)32-37)53-23-12-20-43-34-42(28-31-46(43)53)38-14-6-3-7-15-38/h4-5,8-13,16-23,26-31,34-38,44,48H,3,6-7,14-15,24-25,32-33H2,1-2H3. The molecule has 3 unspecified atom stereocenters. The zero-order valence-corrected chi connectivity index (χ0v) is 33.6. The summed E-state index contributed by atoms with van der Waals surface area (Å²) in [7, 11) is 0. The van der Waals surface area contributed by atoms with Gasteiger partial charge in [-0.1, -0.05) is 161 Å². The van der Waals surface area contributed by atoms with Crippen molar-refractivity contribution in [3.05, 3.63) is 174 Å². The maximum Gasteiger partial charge on any atom is 0.0543 e. The van der Waals surface area contributed by atoms with Crippen molar-refractivity contribution in [1.29, 1.82) is 0 Å². The van der Waals surface area contributed by atoms with Crippen molar-refractivity contribution in [3.8, 4) is 33.4 Å². The molecule has 3 atom stereocenters. The van der Waals surface area contributed by atoms with Gasteiger partial charge in [0.2, 0.25) is 0 Å². The summed E-state index contributed by atoms with van der Waals surface area (Å²) in [4.78, 5) is 2.60. The molecule has 0 saturated heterocycles. The molecule has 282 valence electrons. The third-order valence-corrected chi connectivity index (χ3v) is 14.7. The maximum absolute atomic E-state index is 2.60. The summed E-state index contributed by atoms with van der Waals surface area (Å²) in [6.45, 7) is 4.86. The molecule has 11 rings (SSSR count). The first kappa shape index (κ1) is 34.8. The maximum atomic E-state index is 2.60. The van der Waals surface area contributed by atoms with Gasteiger partial charge in [-0.2, -0.15) is 0 Å². The molecule has 2 bridgehead atoms. The molecular weight excluding hydrogens is 687 g/mol. The molecule has 7 aromatic carbocycles. The summed E-state index contributed by atoms with van der Waals surface area (Å²) >= 11 is 0. The van der Waals surface area contributed by atoms with E-state index in [9.17, 15) is 0 Å². The molecule has 1 nitrogen and oxygen atoms in total. The van der Waals surface area contributed by atoms with Crippen LogP contribution in [0.3, 0.4) is 0 Å². The van der Waals surface area contributed by atoms with E-state index in [2.05, 4.69) is 170 Å². The van der Waals surface area contributed by atoms with Gasteiger partial charge in [-0.05, 0) is 142 Å². The molecule has 4 aliphatic carbocycles. The van der Waals surface area contributed by atoms with Crippen molar-refractivity contribution in [2.24, 2.45) is 11.8 Å². The second kappa shape index (κ2) is 13.9. The molecule has 0 radical (unpaired) electrons. The van der Waals surface area contributed by atoms with Gasteiger partial charge in [0.05, 0.1) is 11.4 Å². The molecule has 0 aliphatic heterocycles. The predicted octanol–water partition coefficient (Wildman–Crippen LogP) is 15.9. The fourth-order valence-corrected chi connectivity index (χ4v) is 11.8. The molecule has 0 spiro atoms. The van der Waals surface area contributed by atoms with Crippen LogP contribution in [-0.4, -0.2) is 0 Å². The van der Waals surface area contributed by atoms with Crippen molar-refractivity contribution >= 4 is 27.8 Å². The average Bonchev–Trinajstić information content (AvgIpc) is 3.97. The van der Waals surface area contributed by atoms with E-state index in [0.717, 1.165) is 11.8 Å².